The summed E-state index contributed by atoms with van der Waals surface area (Å²) in [4.78, 5) is 0. The van der Waals surface area contributed by atoms with Gasteiger partial charge in [-0.1, -0.05) is 58.0 Å². The van der Waals surface area contributed by atoms with Crippen molar-refractivity contribution in [2.24, 2.45) is 11.3 Å². The summed E-state index contributed by atoms with van der Waals surface area (Å²) in [5.74, 6) is 0.743. The van der Waals surface area contributed by atoms with Gasteiger partial charge in [0.05, 0.1) is 0 Å². The first-order chi connectivity index (χ1) is 7.92. The van der Waals surface area contributed by atoms with Crippen molar-refractivity contribution < 1.29 is 0 Å². The topological polar surface area (TPSA) is 12.0 Å². The number of hydrogen-bond acceptors (Lipinski definition) is 1. The summed E-state index contributed by atoms with van der Waals surface area (Å²) in [7, 11) is 2.06. The summed E-state index contributed by atoms with van der Waals surface area (Å²) in [5, 5.41) is 3.44. The largest absolute Gasteiger partial charge is 0.313 e. The zero-order chi connectivity index (χ0) is 12.9. The number of hydrogen-bond donors (Lipinski definition) is 1. The monoisotopic (exact) mass is 233 g/mol. The lowest BCUT2D eigenvalue weighted by Gasteiger charge is -2.26. The van der Waals surface area contributed by atoms with Gasteiger partial charge >= 0.3 is 0 Å². The van der Waals surface area contributed by atoms with Crippen molar-refractivity contribution in [3.8, 4) is 0 Å². The SMILES string of the molecule is CNC(CC(C)CC(C)(C)C)c1ccccc1. The third-order valence-corrected chi connectivity index (χ3v) is 3.15. The van der Waals surface area contributed by atoms with Crippen molar-refractivity contribution in [3.05, 3.63) is 35.9 Å². The van der Waals surface area contributed by atoms with E-state index < -0.39 is 0 Å². The second-order valence-electron chi connectivity index (χ2n) is 6.36. The van der Waals surface area contributed by atoms with Crippen LogP contribution in [0.25, 0.3) is 0 Å². The highest BCUT2D eigenvalue weighted by Gasteiger charge is 2.19. The molecule has 0 fully saturated rings. The first-order valence-corrected chi connectivity index (χ1v) is 6.64. The summed E-state index contributed by atoms with van der Waals surface area (Å²) < 4.78 is 0. The summed E-state index contributed by atoms with van der Waals surface area (Å²) in [6, 6.07) is 11.2. The molecule has 1 nitrogen and oxygen atoms in total. The molecule has 0 saturated heterocycles. The minimum Gasteiger partial charge on any atom is -0.313 e. The molecular formula is C16H27N. The van der Waals surface area contributed by atoms with Crippen LogP contribution in [0.15, 0.2) is 30.3 Å². The van der Waals surface area contributed by atoms with Crippen molar-refractivity contribution in [1.29, 1.82) is 0 Å². The Morgan fingerprint density at radius 2 is 1.71 bits per heavy atom. The number of benzene rings is 1. The normalized spacial score (nSPS) is 15.6. The van der Waals surface area contributed by atoms with Gasteiger partial charge in [-0.05, 0) is 36.8 Å². The van der Waals surface area contributed by atoms with E-state index in [1.54, 1.807) is 0 Å². The standard InChI is InChI=1S/C16H27N/c1-13(12-16(2,3)4)11-15(17-5)14-9-7-6-8-10-14/h6-10,13,15,17H,11-12H2,1-5H3. The molecule has 0 aromatic heterocycles. The van der Waals surface area contributed by atoms with Crippen LogP contribution in [0.4, 0.5) is 0 Å². The van der Waals surface area contributed by atoms with Gasteiger partial charge in [0.1, 0.15) is 0 Å². The molecule has 0 bridgehead atoms. The highest BCUT2D eigenvalue weighted by molar-refractivity contribution is 5.18. The van der Waals surface area contributed by atoms with Crippen LogP contribution < -0.4 is 5.32 Å². The minimum absolute atomic E-state index is 0.425. The predicted octanol–water partition coefficient (Wildman–Crippen LogP) is 4.41. The van der Waals surface area contributed by atoms with Crippen molar-refractivity contribution in [3.63, 3.8) is 0 Å². The summed E-state index contributed by atoms with van der Waals surface area (Å²) >= 11 is 0. The van der Waals surface area contributed by atoms with E-state index in [1.807, 2.05) is 0 Å². The van der Waals surface area contributed by atoms with E-state index in [-0.39, 0.29) is 0 Å². The van der Waals surface area contributed by atoms with Crippen LogP contribution in [0.3, 0.4) is 0 Å². The van der Waals surface area contributed by atoms with Crippen LogP contribution >= 0.6 is 0 Å². The quantitative estimate of drug-likeness (QED) is 0.794. The molecule has 0 aliphatic rings. The lowest BCUT2D eigenvalue weighted by atomic mass is 9.82. The Labute approximate surface area is 107 Å². The highest BCUT2D eigenvalue weighted by Crippen LogP contribution is 2.30. The van der Waals surface area contributed by atoms with Crippen LogP contribution in [-0.2, 0) is 0 Å². The second-order valence-corrected chi connectivity index (χ2v) is 6.36. The van der Waals surface area contributed by atoms with Gasteiger partial charge in [0.15, 0.2) is 0 Å². The lowest BCUT2D eigenvalue weighted by molar-refractivity contribution is 0.279. The van der Waals surface area contributed by atoms with Crippen molar-refractivity contribution >= 4 is 0 Å². The Morgan fingerprint density at radius 1 is 1.12 bits per heavy atom. The molecule has 1 aromatic carbocycles. The molecule has 1 aromatic rings. The second kappa shape index (κ2) is 6.20. The maximum absolute atomic E-state index is 3.44. The Bertz CT molecular complexity index is 310. The first-order valence-electron chi connectivity index (χ1n) is 6.64. The number of rotatable bonds is 5. The summed E-state index contributed by atoms with van der Waals surface area (Å²) in [5.41, 5.74) is 1.82. The lowest BCUT2D eigenvalue weighted by Crippen LogP contribution is -2.21. The fourth-order valence-corrected chi connectivity index (χ4v) is 2.64. The van der Waals surface area contributed by atoms with Crippen molar-refractivity contribution in [2.75, 3.05) is 7.05 Å². The van der Waals surface area contributed by atoms with Gasteiger partial charge in [-0.3, -0.25) is 0 Å². The molecule has 0 spiro atoms. The van der Waals surface area contributed by atoms with E-state index in [0.29, 0.717) is 11.5 Å². The van der Waals surface area contributed by atoms with Crippen LogP contribution in [0, 0.1) is 11.3 Å². The maximum atomic E-state index is 3.44. The van der Waals surface area contributed by atoms with Gasteiger partial charge in [-0.25, -0.2) is 0 Å². The smallest absolute Gasteiger partial charge is 0.0320 e. The van der Waals surface area contributed by atoms with E-state index in [9.17, 15) is 0 Å². The zero-order valence-electron chi connectivity index (χ0n) is 12.0. The molecule has 0 amide bonds. The summed E-state index contributed by atoms with van der Waals surface area (Å²) in [6.07, 6.45) is 2.48. The Hall–Kier alpha value is -0.820. The number of nitrogens with one attached hydrogen (secondary N) is 1. The summed E-state index contributed by atoms with van der Waals surface area (Å²) in [6.45, 7) is 9.32. The van der Waals surface area contributed by atoms with Gasteiger partial charge in [-0.2, -0.15) is 0 Å². The molecule has 1 heteroatoms. The molecule has 1 rings (SSSR count). The predicted molar refractivity (Wildman–Crippen MR) is 76.1 cm³/mol. The Morgan fingerprint density at radius 3 is 2.18 bits per heavy atom. The highest BCUT2D eigenvalue weighted by atomic mass is 14.9. The van der Waals surface area contributed by atoms with Gasteiger partial charge in [0.2, 0.25) is 0 Å². The molecule has 0 radical (unpaired) electrons. The van der Waals surface area contributed by atoms with Gasteiger partial charge in [-0.15, -0.1) is 0 Å². The third-order valence-electron chi connectivity index (χ3n) is 3.15. The first kappa shape index (κ1) is 14.2. The molecule has 1 N–H and O–H groups in total. The Balaban J connectivity index is 2.59. The minimum atomic E-state index is 0.425. The fourth-order valence-electron chi connectivity index (χ4n) is 2.64. The van der Waals surface area contributed by atoms with Crippen LogP contribution in [0.2, 0.25) is 0 Å². The maximum Gasteiger partial charge on any atom is 0.0320 e. The Kier molecular flexibility index (Phi) is 5.20. The molecule has 2 unspecified atom stereocenters. The van der Waals surface area contributed by atoms with E-state index >= 15 is 0 Å². The molecule has 0 heterocycles. The molecule has 0 aliphatic heterocycles. The average molecular weight is 233 g/mol. The molecule has 96 valence electrons. The van der Waals surface area contributed by atoms with E-state index in [2.05, 4.69) is 70.4 Å². The van der Waals surface area contributed by atoms with E-state index in [0.717, 1.165) is 5.92 Å². The molecule has 0 saturated carbocycles. The van der Waals surface area contributed by atoms with Gasteiger partial charge < -0.3 is 5.32 Å². The molecule has 2 atom stereocenters. The van der Waals surface area contributed by atoms with Crippen LogP contribution in [0.1, 0.15) is 52.1 Å². The van der Waals surface area contributed by atoms with Gasteiger partial charge in [0, 0.05) is 6.04 Å². The van der Waals surface area contributed by atoms with Crippen LogP contribution in [0.5, 0.6) is 0 Å². The van der Waals surface area contributed by atoms with E-state index in [4.69, 9.17) is 0 Å². The molecule has 17 heavy (non-hydrogen) atoms. The van der Waals surface area contributed by atoms with Crippen LogP contribution in [-0.4, -0.2) is 7.05 Å². The fraction of sp³-hybridized carbons (Fsp3) is 0.625. The zero-order valence-corrected chi connectivity index (χ0v) is 12.0. The van der Waals surface area contributed by atoms with Gasteiger partial charge in [0.25, 0.3) is 0 Å². The third kappa shape index (κ3) is 5.36. The molecule has 0 aliphatic carbocycles. The molecular weight excluding hydrogens is 206 g/mol. The van der Waals surface area contributed by atoms with Crippen molar-refractivity contribution in [2.45, 2.75) is 46.6 Å². The van der Waals surface area contributed by atoms with Crippen molar-refractivity contribution in [1.82, 2.24) is 5.32 Å². The average Bonchev–Trinajstić information content (AvgIpc) is 2.24. The van der Waals surface area contributed by atoms with E-state index in [1.165, 1.54) is 18.4 Å².